The third-order valence-corrected chi connectivity index (χ3v) is 6.94. The van der Waals surface area contributed by atoms with E-state index in [-0.39, 0.29) is 17.8 Å². The van der Waals surface area contributed by atoms with Crippen LogP contribution in [-0.2, 0) is 0 Å². The Morgan fingerprint density at radius 3 is 2.82 bits per heavy atom. The van der Waals surface area contributed by atoms with E-state index in [9.17, 15) is 9.18 Å². The van der Waals surface area contributed by atoms with Gasteiger partial charge in [0.1, 0.15) is 11.5 Å². The number of halogens is 1. The van der Waals surface area contributed by atoms with Gasteiger partial charge in [-0.05, 0) is 49.9 Å². The summed E-state index contributed by atoms with van der Waals surface area (Å²) in [6.45, 7) is 3.14. The number of thiazole rings is 1. The van der Waals surface area contributed by atoms with Crippen LogP contribution in [0.5, 0.6) is 0 Å². The molecule has 0 aliphatic carbocycles. The zero-order valence-corrected chi connectivity index (χ0v) is 19.1. The van der Waals surface area contributed by atoms with Gasteiger partial charge in [0, 0.05) is 30.7 Å². The zero-order valence-electron chi connectivity index (χ0n) is 18.3. The summed E-state index contributed by atoms with van der Waals surface area (Å²) in [7, 11) is 0. The molecule has 0 saturated carbocycles. The number of fused-ring (bicyclic) bond motifs is 1. The number of nitrogens with one attached hydrogen (secondary N) is 1. The predicted molar refractivity (Wildman–Crippen MR) is 129 cm³/mol. The van der Waals surface area contributed by atoms with Crippen molar-refractivity contribution in [3.05, 3.63) is 71.2 Å². The van der Waals surface area contributed by atoms with E-state index in [0.717, 1.165) is 45.6 Å². The minimum Gasteiger partial charge on any atom is -0.352 e. The maximum absolute atomic E-state index is 13.6. The lowest BCUT2D eigenvalue weighted by Gasteiger charge is -2.35. The van der Waals surface area contributed by atoms with Crippen LogP contribution in [0.15, 0.2) is 54.7 Å². The average molecular weight is 462 g/mol. The number of para-hydroxylation sites is 1. The fourth-order valence-electron chi connectivity index (χ4n) is 4.25. The Bertz CT molecular complexity index is 1290. The maximum Gasteiger partial charge on any atom is 0.274 e. The SMILES string of the molecule is Cc1nc(C(=O)N2CCCCC2CNc2ncc3ccccc3n2)c(-c2ccc(F)cc2)s1. The number of nitrogens with zero attached hydrogens (tertiary/aromatic N) is 4. The van der Waals surface area contributed by atoms with Crippen molar-refractivity contribution >= 4 is 34.1 Å². The van der Waals surface area contributed by atoms with E-state index >= 15 is 0 Å². The van der Waals surface area contributed by atoms with Gasteiger partial charge < -0.3 is 10.2 Å². The predicted octanol–water partition coefficient (Wildman–Crippen LogP) is 5.31. The second-order valence-corrected chi connectivity index (χ2v) is 9.40. The van der Waals surface area contributed by atoms with Crippen LogP contribution in [0.25, 0.3) is 21.3 Å². The van der Waals surface area contributed by atoms with Gasteiger partial charge in [-0.15, -0.1) is 11.3 Å². The molecule has 2 aromatic carbocycles. The Balaban J connectivity index is 1.36. The van der Waals surface area contributed by atoms with Crippen LogP contribution in [0.2, 0.25) is 0 Å². The van der Waals surface area contributed by atoms with E-state index in [4.69, 9.17) is 0 Å². The van der Waals surface area contributed by atoms with Crippen LogP contribution >= 0.6 is 11.3 Å². The lowest BCUT2D eigenvalue weighted by atomic mass is 10.0. The summed E-state index contributed by atoms with van der Waals surface area (Å²) >= 11 is 1.46. The van der Waals surface area contributed by atoms with Crippen LogP contribution in [0.1, 0.15) is 34.8 Å². The molecule has 1 aliphatic heterocycles. The normalized spacial score (nSPS) is 16.2. The molecule has 1 saturated heterocycles. The van der Waals surface area contributed by atoms with Gasteiger partial charge in [-0.3, -0.25) is 4.79 Å². The molecule has 3 heterocycles. The van der Waals surface area contributed by atoms with Crippen molar-refractivity contribution in [2.75, 3.05) is 18.4 Å². The molecule has 6 nitrogen and oxygen atoms in total. The van der Waals surface area contributed by atoms with Crippen LogP contribution in [0.3, 0.4) is 0 Å². The lowest BCUT2D eigenvalue weighted by Crippen LogP contribution is -2.47. The Hall–Kier alpha value is -3.39. The summed E-state index contributed by atoms with van der Waals surface area (Å²) in [6.07, 6.45) is 4.74. The first-order chi connectivity index (χ1) is 16.1. The number of anilines is 1. The van der Waals surface area contributed by atoms with E-state index in [1.807, 2.05) is 42.3 Å². The molecule has 33 heavy (non-hydrogen) atoms. The number of carbonyl (C=O) groups is 1. The topological polar surface area (TPSA) is 71.0 Å². The van der Waals surface area contributed by atoms with Crippen LogP contribution in [-0.4, -0.2) is 44.9 Å². The first-order valence-electron chi connectivity index (χ1n) is 11.1. The average Bonchev–Trinajstić information content (AvgIpc) is 3.24. The Morgan fingerprint density at radius 1 is 1.15 bits per heavy atom. The second-order valence-electron chi connectivity index (χ2n) is 8.20. The molecule has 1 fully saturated rings. The number of carbonyl (C=O) groups excluding carboxylic acids is 1. The van der Waals surface area contributed by atoms with E-state index in [1.54, 1.807) is 12.1 Å². The fourth-order valence-corrected chi connectivity index (χ4v) is 5.17. The van der Waals surface area contributed by atoms with E-state index < -0.39 is 0 Å². The molecule has 0 spiro atoms. The number of benzene rings is 2. The molecule has 1 atom stereocenters. The first kappa shape index (κ1) is 21.5. The second kappa shape index (κ2) is 9.23. The number of piperidine rings is 1. The zero-order chi connectivity index (χ0) is 22.8. The number of aromatic nitrogens is 3. The highest BCUT2D eigenvalue weighted by Crippen LogP contribution is 2.32. The molecule has 168 valence electrons. The smallest absolute Gasteiger partial charge is 0.274 e. The van der Waals surface area contributed by atoms with E-state index in [0.29, 0.717) is 24.7 Å². The third kappa shape index (κ3) is 4.57. The number of likely N-dealkylation sites (tertiary alicyclic amines) is 1. The summed E-state index contributed by atoms with van der Waals surface area (Å²) in [4.78, 5) is 29.9. The highest BCUT2D eigenvalue weighted by molar-refractivity contribution is 7.15. The van der Waals surface area contributed by atoms with E-state index in [1.165, 1.54) is 23.5 Å². The molecule has 1 aliphatic rings. The lowest BCUT2D eigenvalue weighted by molar-refractivity contribution is 0.0623. The Morgan fingerprint density at radius 2 is 1.97 bits per heavy atom. The number of aryl methyl sites for hydroxylation is 1. The Kier molecular flexibility index (Phi) is 6.00. The monoisotopic (exact) mass is 461 g/mol. The minimum absolute atomic E-state index is 0.0180. The third-order valence-electron chi connectivity index (χ3n) is 5.92. The van der Waals surface area contributed by atoms with Crippen molar-refractivity contribution in [1.82, 2.24) is 19.9 Å². The van der Waals surface area contributed by atoms with Gasteiger partial charge in [0.05, 0.1) is 15.4 Å². The standard InChI is InChI=1S/C25H24FN5OS/c1-16-29-22(23(33-16)17-9-11-19(26)12-10-17)24(32)31-13-5-4-7-20(31)15-28-25-27-14-18-6-2-3-8-21(18)30-25/h2-3,6,8-12,14,20H,4-5,7,13,15H2,1H3,(H,27,28,30). The first-order valence-corrected chi connectivity index (χ1v) is 11.9. The molecule has 0 bridgehead atoms. The van der Waals surface area contributed by atoms with Crippen LogP contribution in [0.4, 0.5) is 10.3 Å². The highest BCUT2D eigenvalue weighted by Gasteiger charge is 2.31. The molecule has 5 rings (SSSR count). The highest BCUT2D eigenvalue weighted by atomic mass is 32.1. The van der Waals surface area contributed by atoms with Crippen molar-refractivity contribution in [2.45, 2.75) is 32.2 Å². The van der Waals surface area contributed by atoms with Crippen LogP contribution in [0, 0.1) is 12.7 Å². The quantitative estimate of drug-likeness (QED) is 0.436. The molecule has 0 radical (unpaired) electrons. The van der Waals surface area contributed by atoms with Crippen molar-refractivity contribution in [1.29, 1.82) is 0 Å². The van der Waals surface area contributed by atoms with Gasteiger partial charge in [-0.1, -0.05) is 30.3 Å². The van der Waals surface area contributed by atoms with Crippen molar-refractivity contribution in [2.24, 2.45) is 0 Å². The summed E-state index contributed by atoms with van der Waals surface area (Å²) < 4.78 is 13.4. The molecule has 4 aromatic rings. The number of rotatable bonds is 5. The van der Waals surface area contributed by atoms with Gasteiger partial charge >= 0.3 is 0 Å². The molecule has 8 heteroatoms. The number of hydrogen-bond acceptors (Lipinski definition) is 6. The molecular formula is C25H24FN5OS. The minimum atomic E-state index is -0.300. The van der Waals surface area contributed by atoms with Crippen molar-refractivity contribution in [3.8, 4) is 10.4 Å². The van der Waals surface area contributed by atoms with Gasteiger partial charge in [-0.2, -0.15) is 0 Å². The summed E-state index contributed by atoms with van der Waals surface area (Å²) in [5, 5.41) is 5.13. The summed E-state index contributed by atoms with van der Waals surface area (Å²) in [6, 6.07) is 14.1. The van der Waals surface area contributed by atoms with Gasteiger partial charge in [-0.25, -0.2) is 19.3 Å². The molecule has 2 aromatic heterocycles. The number of amides is 1. The maximum atomic E-state index is 13.6. The molecule has 1 unspecified atom stereocenters. The van der Waals surface area contributed by atoms with Crippen molar-refractivity contribution in [3.63, 3.8) is 0 Å². The molecule has 1 N–H and O–H groups in total. The number of hydrogen-bond donors (Lipinski definition) is 1. The van der Waals surface area contributed by atoms with Crippen LogP contribution < -0.4 is 5.32 Å². The summed E-state index contributed by atoms with van der Waals surface area (Å²) in [5.41, 5.74) is 2.13. The largest absolute Gasteiger partial charge is 0.352 e. The van der Waals surface area contributed by atoms with Crippen molar-refractivity contribution < 1.29 is 9.18 Å². The fraction of sp³-hybridized carbons (Fsp3) is 0.280. The molecular weight excluding hydrogens is 437 g/mol. The van der Waals surface area contributed by atoms with Gasteiger partial charge in [0.2, 0.25) is 5.95 Å². The Labute approximate surface area is 195 Å². The summed E-state index contributed by atoms with van der Waals surface area (Å²) in [5.74, 6) is 0.179. The van der Waals surface area contributed by atoms with Gasteiger partial charge in [0.15, 0.2) is 0 Å². The van der Waals surface area contributed by atoms with Gasteiger partial charge in [0.25, 0.3) is 5.91 Å². The van der Waals surface area contributed by atoms with E-state index in [2.05, 4.69) is 20.3 Å². The molecule has 1 amide bonds.